The number of likely N-dealkylation sites (N-methyl/N-ethyl adjacent to an activating group) is 1. The highest BCUT2D eigenvalue weighted by Crippen LogP contribution is 2.23. The van der Waals surface area contributed by atoms with Crippen molar-refractivity contribution < 1.29 is 28.6 Å². The van der Waals surface area contributed by atoms with Crippen LogP contribution in [0.2, 0.25) is 0 Å². The van der Waals surface area contributed by atoms with Crippen LogP contribution in [-0.2, 0) is 25.6 Å². The molecule has 0 aliphatic carbocycles. The van der Waals surface area contributed by atoms with Gasteiger partial charge in [0.05, 0.1) is 13.0 Å². The maximum absolute atomic E-state index is 12.6. The van der Waals surface area contributed by atoms with Crippen molar-refractivity contribution >= 4 is 28.7 Å². The number of fused-ring (bicyclic) bond motifs is 1. The molecule has 0 bridgehead atoms. The fraction of sp³-hybridized carbons (Fsp3) is 0.500. The van der Waals surface area contributed by atoms with Gasteiger partial charge in [-0.3, -0.25) is 9.59 Å². The SMILES string of the molecule is COc1ccc2cc(CN(C)C(=O)COC(=O)C3CCCN(C(=O)OC(C)(C)C)C3)ccc2c1. The molecule has 2 amide bonds. The third-order valence-electron chi connectivity index (χ3n) is 5.70. The van der Waals surface area contributed by atoms with Crippen LogP contribution >= 0.6 is 0 Å². The van der Waals surface area contributed by atoms with E-state index in [0.29, 0.717) is 25.9 Å². The van der Waals surface area contributed by atoms with Gasteiger partial charge >= 0.3 is 12.1 Å². The molecule has 0 aromatic heterocycles. The Kier molecular flexibility index (Phi) is 8.02. The Bertz CT molecular complexity index is 1050. The van der Waals surface area contributed by atoms with Gasteiger partial charge in [-0.1, -0.05) is 18.2 Å². The average Bonchev–Trinajstić information content (AvgIpc) is 2.80. The fourth-order valence-electron chi connectivity index (χ4n) is 3.88. The van der Waals surface area contributed by atoms with Crippen LogP contribution in [0, 0.1) is 5.92 Å². The molecule has 3 rings (SSSR count). The van der Waals surface area contributed by atoms with Crippen molar-refractivity contribution in [3.8, 4) is 5.75 Å². The maximum Gasteiger partial charge on any atom is 0.410 e. The number of benzene rings is 2. The van der Waals surface area contributed by atoms with Crippen molar-refractivity contribution in [1.82, 2.24) is 9.80 Å². The zero-order valence-corrected chi connectivity index (χ0v) is 20.6. The number of amides is 2. The zero-order chi connectivity index (χ0) is 24.9. The molecule has 8 nitrogen and oxygen atoms in total. The minimum Gasteiger partial charge on any atom is -0.497 e. The molecule has 2 aromatic carbocycles. The van der Waals surface area contributed by atoms with Crippen LogP contribution in [0.3, 0.4) is 0 Å². The molecule has 0 radical (unpaired) electrons. The number of carbonyl (C=O) groups excluding carboxylic acids is 3. The number of piperidine rings is 1. The number of likely N-dealkylation sites (tertiary alicyclic amines) is 1. The van der Waals surface area contributed by atoms with E-state index < -0.39 is 23.6 Å². The molecule has 0 spiro atoms. The van der Waals surface area contributed by atoms with Crippen molar-refractivity contribution in [2.75, 3.05) is 33.9 Å². The van der Waals surface area contributed by atoms with Crippen molar-refractivity contribution in [3.63, 3.8) is 0 Å². The van der Waals surface area contributed by atoms with Gasteiger partial charge in [0.15, 0.2) is 6.61 Å². The van der Waals surface area contributed by atoms with Crippen LogP contribution in [0.25, 0.3) is 10.8 Å². The highest BCUT2D eigenvalue weighted by molar-refractivity contribution is 5.85. The lowest BCUT2D eigenvalue weighted by Gasteiger charge is -2.33. The summed E-state index contributed by atoms with van der Waals surface area (Å²) in [5.41, 5.74) is 0.375. The van der Waals surface area contributed by atoms with E-state index in [1.165, 1.54) is 9.80 Å². The number of hydrogen-bond acceptors (Lipinski definition) is 6. The first-order chi connectivity index (χ1) is 16.1. The molecule has 1 heterocycles. The number of hydrogen-bond donors (Lipinski definition) is 0. The molecular formula is C26H34N2O6. The first-order valence-electron chi connectivity index (χ1n) is 11.5. The highest BCUT2D eigenvalue weighted by atomic mass is 16.6. The second kappa shape index (κ2) is 10.8. The lowest BCUT2D eigenvalue weighted by atomic mass is 9.98. The molecule has 1 aliphatic rings. The fourth-order valence-corrected chi connectivity index (χ4v) is 3.88. The number of methoxy groups -OCH3 is 1. The summed E-state index contributed by atoms with van der Waals surface area (Å²) in [6.45, 7) is 6.25. The van der Waals surface area contributed by atoms with Crippen LogP contribution in [-0.4, -0.2) is 67.2 Å². The third-order valence-corrected chi connectivity index (χ3v) is 5.70. The summed E-state index contributed by atoms with van der Waals surface area (Å²) in [5, 5.41) is 2.11. The van der Waals surface area contributed by atoms with E-state index in [9.17, 15) is 14.4 Å². The molecule has 1 aliphatic heterocycles. The molecule has 8 heteroatoms. The number of rotatable bonds is 6. The van der Waals surface area contributed by atoms with Crippen molar-refractivity contribution in [2.45, 2.75) is 45.8 Å². The second-order valence-electron chi connectivity index (χ2n) is 9.67. The Balaban J connectivity index is 1.50. The summed E-state index contributed by atoms with van der Waals surface area (Å²) in [5.74, 6) is -0.420. The lowest BCUT2D eigenvalue weighted by Crippen LogP contribution is -2.45. The van der Waals surface area contributed by atoms with Gasteiger partial charge in [-0.15, -0.1) is 0 Å². The normalized spacial score (nSPS) is 16.1. The Morgan fingerprint density at radius 1 is 1.09 bits per heavy atom. The van der Waals surface area contributed by atoms with Gasteiger partial charge in [0.25, 0.3) is 5.91 Å². The van der Waals surface area contributed by atoms with Gasteiger partial charge in [-0.2, -0.15) is 0 Å². The van der Waals surface area contributed by atoms with Gasteiger partial charge in [-0.25, -0.2) is 4.79 Å². The number of nitrogens with zero attached hydrogens (tertiary/aromatic N) is 2. The largest absolute Gasteiger partial charge is 0.497 e. The monoisotopic (exact) mass is 470 g/mol. The Morgan fingerprint density at radius 3 is 2.50 bits per heavy atom. The molecule has 0 N–H and O–H groups in total. The standard InChI is InChI=1S/C26H34N2O6/c1-26(2,3)34-25(31)28-12-6-7-21(16-28)24(30)33-17-23(29)27(4)15-18-8-9-20-14-22(32-5)11-10-19(20)13-18/h8-11,13-14,21H,6-7,12,15-17H2,1-5H3. The summed E-state index contributed by atoms with van der Waals surface area (Å²) in [7, 11) is 3.31. The van der Waals surface area contributed by atoms with Crippen molar-refractivity contribution in [2.24, 2.45) is 5.92 Å². The van der Waals surface area contributed by atoms with E-state index in [-0.39, 0.29) is 19.1 Å². The Labute approximate surface area is 200 Å². The van der Waals surface area contributed by atoms with Crippen molar-refractivity contribution in [3.05, 3.63) is 42.0 Å². The molecule has 1 unspecified atom stereocenters. The molecule has 34 heavy (non-hydrogen) atoms. The molecule has 1 fully saturated rings. The van der Waals surface area contributed by atoms with Gasteiger partial charge in [0.1, 0.15) is 11.4 Å². The minimum atomic E-state index is -0.598. The van der Waals surface area contributed by atoms with E-state index in [1.807, 2.05) is 36.4 Å². The van der Waals surface area contributed by atoms with Crippen LogP contribution in [0.1, 0.15) is 39.2 Å². The first-order valence-corrected chi connectivity index (χ1v) is 11.5. The number of ether oxygens (including phenoxy) is 3. The summed E-state index contributed by atoms with van der Waals surface area (Å²) in [6.07, 6.45) is 0.861. The summed E-state index contributed by atoms with van der Waals surface area (Å²) < 4.78 is 16.0. The maximum atomic E-state index is 12.6. The van der Waals surface area contributed by atoms with Crippen LogP contribution in [0.4, 0.5) is 4.79 Å². The van der Waals surface area contributed by atoms with E-state index in [1.54, 1.807) is 34.9 Å². The van der Waals surface area contributed by atoms with Crippen LogP contribution < -0.4 is 4.74 Å². The smallest absolute Gasteiger partial charge is 0.410 e. The molecule has 1 atom stereocenters. The Hall–Kier alpha value is -3.29. The molecular weight excluding hydrogens is 436 g/mol. The van der Waals surface area contributed by atoms with E-state index in [2.05, 4.69) is 0 Å². The number of carbonyl (C=O) groups is 3. The van der Waals surface area contributed by atoms with Crippen LogP contribution in [0.15, 0.2) is 36.4 Å². The van der Waals surface area contributed by atoms with Gasteiger partial charge < -0.3 is 24.0 Å². The summed E-state index contributed by atoms with van der Waals surface area (Å²) in [6, 6.07) is 11.8. The molecule has 0 saturated carbocycles. The predicted octanol–water partition coefficient (Wildman–Crippen LogP) is 4.00. The van der Waals surface area contributed by atoms with Gasteiger partial charge in [0, 0.05) is 26.7 Å². The van der Waals surface area contributed by atoms with E-state index >= 15 is 0 Å². The van der Waals surface area contributed by atoms with E-state index in [4.69, 9.17) is 14.2 Å². The highest BCUT2D eigenvalue weighted by Gasteiger charge is 2.32. The predicted molar refractivity (Wildman–Crippen MR) is 128 cm³/mol. The molecule has 1 saturated heterocycles. The molecule has 184 valence electrons. The zero-order valence-electron chi connectivity index (χ0n) is 20.6. The summed E-state index contributed by atoms with van der Waals surface area (Å²) >= 11 is 0. The average molecular weight is 471 g/mol. The quantitative estimate of drug-likeness (QED) is 0.594. The van der Waals surface area contributed by atoms with Crippen molar-refractivity contribution in [1.29, 1.82) is 0 Å². The Morgan fingerprint density at radius 2 is 1.79 bits per heavy atom. The molecule has 2 aromatic rings. The van der Waals surface area contributed by atoms with Gasteiger partial charge in [0.2, 0.25) is 0 Å². The minimum absolute atomic E-state index is 0.236. The number of esters is 1. The summed E-state index contributed by atoms with van der Waals surface area (Å²) in [4.78, 5) is 40.5. The van der Waals surface area contributed by atoms with Crippen LogP contribution in [0.5, 0.6) is 5.75 Å². The second-order valence-corrected chi connectivity index (χ2v) is 9.67. The first kappa shape index (κ1) is 25.3. The lowest BCUT2D eigenvalue weighted by molar-refractivity contribution is -0.156. The topological polar surface area (TPSA) is 85.4 Å². The van der Waals surface area contributed by atoms with E-state index in [0.717, 1.165) is 22.1 Å². The van der Waals surface area contributed by atoms with Gasteiger partial charge in [-0.05, 0) is 68.1 Å². The third kappa shape index (κ3) is 6.85.